The molecule has 3 saturated carbocycles. The average Bonchev–Trinajstić information content (AvgIpc) is 2.93. The summed E-state index contributed by atoms with van der Waals surface area (Å²) in [7, 11) is 0. The third-order valence-corrected chi connectivity index (χ3v) is 5.65. The number of fused-ring (bicyclic) bond motifs is 2. The third-order valence-electron chi connectivity index (χ3n) is 5.65. The monoisotopic (exact) mass is 265 g/mol. The van der Waals surface area contributed by atoms with Crippen molar-refractivity contribution in [2.24, 2.45) is 23.2 Å². The highest BCUT2D eigenvalue weighted by Gasteiger charge is 2.44. The van der Waals surface area contributed by atoms with Crippen molar-refractivity contribution in [3.63, 3.8) is 0 Å². The third kappa shape index (κ3) is 2.49. The van der Waals surface area contributed by atoms with Crippen molar-refractivity contribution in [1.82, 2.24) is 5.32 Å². The van der Waals surface area contributed by atoms with Crippen molar-refractivity contribution in [3.05, 3.63) is 0 Å². The summed E-state index contributed by atoms with van der Waals surface area (Å²) in [5.74, 6) is 1.03. The van der Waals surface area contributed by atoms with Gasteiger partial charge in [0, 0.05) is 12.5 Å². The van der Waals surface area contributed by atoms with Gasteiger partial charge in [0.15, 0.2) is 0 Å². The summed E-state index contributed by atoms with van der Waals surface area (Å²) in [5.41, 5.74) is -0.154. The molecule has 3 fully saturated rings. The van der Waals surface area contributed by atoms with Crippen molar-refractivity contribution in [2.45, 2.75) is 51.4 Å². The average molecular weight is 265 g/mol. The summed E-state index contributed by atoms with van der Waals surface area (Å²) >= 11 is 0. The number of carbonyl (C=O) groups excluding carboxylic acids is 1. The van der Waals surface area contributed by atoms with Crippen LogP contribution in [0.4, 0.5) is 0 Å². The summed E-state index contributed by atoms with van der Waals surface area (Å²) in [6, 6.07) is 0. The van der Waals surface area contributed by atoms with E-state index in [9.17, 15) is 9.59 Å². The molecular formula is C15H23NO3. The van der Waals surface area contributed by atoms with Gasteiger partial charge in [-0.1, -0.05) is 12.8 Å². The number of amides is 1. The molecule has 0 aliphatic heterocycles. The van der Waals surface area contributed by atoms with Gasteiger partial charge in [0.25, 0.3) is 0 Å². The lowest BCUT2D eigenvalue weighted by Gasteiger charge is -2.41. The maximum atomic E-state index is 12.2. The number of hydrogen-bond donors (Lipinski definition) is 2. The summed E-state index contributed by atoms with van der Waals surface area (Å²) < 4.78 is 0. The van der Waals surface area contributed by atoms with E-state index in [4.69, 9.17) is 5.11 Å². The van der Waals surface area contributed by atoms with Crippen molar-refractivity contribution < 1.29 is 14.7 Å². The Labute approximate surface area is 113 Å². The van der Waals surface area contributed by atoms with E-state index in [1.54, 1.807) is 0 Å². The smallest absolute Gasteiger partial charge is 0.303 e. The van der Waals surface area contributed by atoms with E-state index in [0.717, 1.165) is 31.6 Å². The van der Waals surface area contributed by atoms with Crippen LogP contribution in [0.5, 0.6) is 0 Å². The Hall–Kier alpha value is -1.06. The normalized spacial score (nSPS) is 34.8. The minimum atomic E-state index is -0.742. The van der Waals surface area contributed by atoms with Crippen molar-refractivity contribution >= 4 is 11.9 Å². The number of carboxylic acid groups (broad SMARTS) is 1. The highest BCUT2D eigenvalue weighted by Crippen LogP contribution is 2.48. The van der Waals surface area contributed by atoms with Crippen LogP contribution in [-0.4, -0.2) is 23.5 Å². The van der Waals surface area contributed by atoms with Crippen LogP contribution >= 0.6 is 0 Å². The van der Waals surface area contributed by atoms with E-state index in [2.05, 4.69) is 5.32 Å². The zero-order chi connectivity index (χ0) is 13.5. The first-order chi connectivity index (χ1) is 9.08. The molecule has 0 heterocycles. The second kappa shape index (κ2) is 4.80. The van der Waals surface area contributed by atoms with Crippen LogP contribution in [0.1, 0.15) is 51.4 Å². The van der Waals surface area contributed by atoms with Crippen LogP contribution in [0.25, 0.3) is 0 Å². The Morgan fingerprint density at radius 1 is 1.21 bits per heavy atom. The van der Waals surface area contributed by atoms with Gasteiger partial charge in [-0.25, -0.2) is 0 Å². The SMILES string of the molecule is O=C(O)CC1(CNC(=O)C2CC3CCC2C3)CCC1. The molecule has 4 heteroatoms. The lowest BCUT2D eigenvalue weighted by Crippen LogP contribution is -2.45. The molecule has 2 bridgehead atoms. The number of carboxylic acids is 1. The summed E-state index contributed by atoms with van der Waals surface area (Å²) in [4.78, 5) is 23.1. The highest BCUT2D eigenvalue weighted by molar-refractivity contribution is 5.79. The summed E-state index contributed by atoms with van der Waals surface area (Å²) in [6.07, 6.45) is 7.98. The van der Waals surface area contributed by atoms with Gasteiger partial charge in [-0.3, -0.25) is 9.59 Å². The molecule has 3 aliphatic rings. The van der Waals surface area contributed by atoms with Gasteiger partial charge in [-0.15, -0.1) is 0 Å². The summed E-state index contributed by atoms with van der Waals surface area (Å²) in [6.45, 7) is 0.562. The van der Waals surface area contributed by atoms with Gasteiger partial charge >= 0.3 is 5.97 Å². The fraction of sp³-hybridized carbons (Fsp3) is 0.867. The first kappa shape index (κ1) is 12.9. The first-order valence-corrected chi connectivity index (χ1v) is 7.57. The number of rotatable bonds is 5. The minimum Gasteiger partial charge on any atom is -0.481 e. The van der Waals surface area contributed by atoms with Crippen molar-refractivity contribution in [2.75, 3.05) is 6.54 Å². The first-order valence-electron chi connectivity index (χ1n) is 7.57. The second-order valence-corrected chi connectivity index (χ2v) is 6.92. The molecule has 0 spiro atoms. The lowest BCUT2D eigenvalue weighted by molar-refractivity contribution is -0.142. The topological polar surface area (TPSA) is 66.4 Å². The Bertz CT molecular complexity index is 389. The van der Waals surface area contributed by atoms with Gasteiger partial charge in [0.05, 0.1) is 6.42 Å². The standard InChI is InChI=1S/C15H23NO3/c17-13(18)8-15(4-1-5-15)9-16-14(19)12-7-10-2-3-11(12)6-10/h10-12H,1-9H2,(H,16,19)(H,17,18). The van der Waals surface area contributed by atoms with Crippen LogP contribution in [0.2, 0.25) is 0 Å². The van der Waals surface area contributed by atoms with Gasteiger partial charge in [-0.05, 0) is 49.4 Å². The highest BCUT2D eigenvalue weighted by atomic mass is 16.4. The number of aliphatic carboxylic acids is 1. The van der Waals surface area contributed by atoms with Gasteiger partial charge < -0.3 is 10.4 Å². The van der Waals surface area contributed by atoms with Gasteiger partial charge in [0.1, 0.15) is 0 Å². The van der Waals surface area contributed by atoms with E-state index < -0.39 is 5.97 Å². The van der Waals surface area contributed by atoms with Crippen molar-refractivity contribution in [1.29, 1.82) is 0 Å². The van der Waals surface area contributed by atoms with Gasteiger partial charge in [0.2, 0.25) is 5.91 Å². The molecule has 3 unspecified atom stereocenters. The van der Waals surface area contributed by atoms with Crippen LogP contribution in [0.3, 0.4) is 0 Å². The zero-order valence-corrected chi connectivity index (χ0v) is 11.4. The predicted molar refractivity (Wildman–Crippen MR) is 70.5 cm³/mol. The molecule has 0 aromatic carbocycles. The number of carbonyl (C=O) groups is 2. The van der Waals surface area contributed by atoms with E-state index >= 15 is 0 Å². The van der Waals surface area contributed by atoms with Crippen LogP contribution in [0, 0.1) is 23.2 Å². The largest absolute Gasteiger partial charge is 0.481 e. The maximum absolute atomic E-state index is 12.2. The van der Waals surface area contributed by atoms with E-state index in [-0.39, 0.29) is 23.7 Å². The van der Waals surface area contributed by atoms with Gasteiger partial charge in [-0.2, -0.15) is 0 Å². The molecule has 3 atom stereocenters. The molecule has 3 aliphatic carbocycles. The fourth-order valence-corrected chi connectivity index (χ4v) is 4.39. The fourth-order valence-electron chi connectivity index (χ4n) is 4.39. The van der Waals surface area contributed by atoms with E-state index in [1.807, 2.05) is 0 Å². The quantitative estimate of drug-likeness (QED) is 0.800. The molecule has 4 nitrogen and oxygen atoms in total. The molecule has 0 radical (unpaired) electrons. The molecule has 1 amide bonds. The molecule has 2 N–H and O–H groups in total. The Kier molecular flexibility index (Phi) is 3.27. The molecule has 0 aromatic heterocycles. The zero-order valence-electron chi connectivity index (χ0n) is 11.4. The molecule has 106 valence electrons. The van der Waals surface area contributed by atoms with E-state index in [0.29, 0.717) is 12.5 Å². The van der Waals surface area contributed by atoms with Crippen LogP contribution in [-0.2, 0) is 9.59 Å². The molecule has 3 rings (SSSR count). The number of hydrogen-bond acceptors (Lipinski definition) is 2. The van der Waals surface area contributed by atoms with Crippen molar-refractivity contribution in [3.8, 4) is 0 Å². The molecule has 0 saturated heterocycles. The summed E-state index contributed by atoms with van der Waals surface area (Å²) in [5, 5.41) is 12.0. The number of nitrogens with one attached hydrogen (secondary N) is 1. The Balaban J connectivity index is 1.51. The molecule has 19 heavy (non-hydrogen) atoms. The molecular weight excluding hydrogens is 242 g/mol. The van der Waals surface area contributed by atoms with Crippen LogP contribution in [0.15, 0.2) is 0 Å². The van der Waals surface area contributed by atoms with Crippen LogP contribution < -0.4 is 5.32 Å². The molecule has 0 aromatic rings. The Morgan fingerprint density at radius 2 is 2.00 bits per heavy atom. The van der Waals surface area contributed by atoms with E-state index in [1.165, 1.54) is 19.3 Å². The minimum absolute atomic E-state index is 0.154. The second-order valence-electron chi connectivity index (χ2n) is 6.92. The Morgan fingerprint density at radius 3 is 2.47 bits per heavy atom. The lowest BCUT2D eigenvalue weighted by atomic mass is 9.66. The maximum Gasteiger partial charge on any atom is 0.303 e. The predicted octanol–water partition coefficient (Wildman–Crippen LogP) is 2.18.